The van der Waals surface area contributed by atoms with Gasteiger partial charge in [-0.25, -0.2) is 0 Å². The molecular formula is C14H28N2. The second kappa shape index (κ2) is 6.02. The van der Waals surface area contributed by atoms with E-state index in [-0.39, 0.29) is 0 Å². The number of piperidine rings is 2. The monoisotopic (exact) mass is 224 g/mol. The van der Waals surface area contributed by atoms with Gasteiger partial charge in [-0.2, -0.15) is 0 Å². The lowest BCUT2D eigenvalue weighted by atomic mass is 9.82. The summed E-state index contributed by atoms with van der Waals surface area (Å²) in [4.78, 5) is 2.65. The summed E-state index contributed by atoms with van der Waals surface area (Å²) >= 11 is 0. The molecule has 2 aliphatic heterocycles. The van der Waals surface area contributed by atoms with Crippen molar-refractivity contribution < 1.29 is 0 Å². The standard InChI is InChI=1S/C14H28N2/c1-3-4-5-9-15-12-10-13-7-6-8-14(11-12)16(13)2/h12-15H,3-11H2,1-2H3. The van der Waals surface area contributed by atoms with Crippen molar-refractivity contribution in [3.63, 3.8) is 0 Å². The van der Waals surface area contributed by atoms with E-state index in [0.717, 1.165) is 18.1 Å². The fourth-order valence-electron chi connectivity index (χ4n) is 3.46. The molecule has 2 nitrogen and oxygen atoms in total. The molecule has 0 aromatic heterocycles. The summed E-state index contributed by atoms with van der Waals surface area (Å²) in [6.07, 6.45) is 11.2. The molecular weight excluding hydrogens is 196 g/mol. The summed E-state index contributed by atoms with van der Waals surface area (Å²) in [5.41, 5.74) is 0. The van der Waals surface area contributed by atoms with Crippen LogP contribution >= 0.6 is 0 Å². The minimum absolute atomic E-state index is 0.809. The van der Waals surface area contributed by atoms with Crippen molar-refractivity contribution in [1.82, 2.24) is 10.2 Å². The van der Waals surface area contributed by atoms with Crippen molar-refractivity contribution in [3.05, 3.63) is 0 Å². The highest BCUT2D eigenvalue weighted by atomic mass is 15.2. The van der Waals surface area contributed by atoms with Gasteiger partial charge in [0.25, 0.3) is 0 Å². The van der Waals surface area contributed by atoms with Gasteiger partial charge in [0.2, 0.25) is 0 Å². The average molecular weight is 224 g/mol. The first-order valence-corrected chi connectivity index (χ1v) is 7.26. The molecule has 1 N–H and O–H groups in total. The van der Waals surface area contributed by atoms with Crippen LogP contribution in [0.2, 0.25) is 0 Å². The number of nitrogens with one attached hydrogen (secondary N) is 1. The highest BCUT2D eigenvalue weighted by Crippen LogP contribution is 2.32. The molecule has 0 spiro atoms. The Kier molecular flexibility index (Phi) is 4.66. The van der Waals surface area contributed by atoms with Crippen LogP contribution in [0.25, 0.3) is 0 Å². The second-order valence-corrected chi connectivity index (χ2v) is 5.73. The first kappa shape index (κ1) is 12.4. The summed E-state index contributed by atoms with van der Waals surface area (Å²) < 4.78 is 0. The van der Waals surface area contributed by atoms with Crippen LogP contribution < -0.4 is 5.32 Å². The summed E-state index contributed by atoms with van der Waals surface area (Å²) in [6.45, 7) is 3.52. The topological polar surface area (TPSA) is 15.3 Å². The van der Waals surface area contributed by atoms with Gasteiger partial charge in [-0.05, 0) is 45.7 Å². The third-order valence-corrected chi connectivity index (χ3v) is 4.55. The van der Waals surface area contributed by atoms with Crippen LogP contribution in [-0.4, -0.2) is 36.6 Å². The zero-order valence-electron chi connectivity index (χ0n) is 11.0. The Morgan fingerprint density at radius 1 is 1.12 bits per heavy atom. The van der Waals surface area contributed by atoms with Crippen LogP contribution in [0.3, 0.4) is 0 Å². The SMILES string of the molecule is CCCCCNC1CC2CCCC(C1)N2C. The molecule has 2 unspecified atom stereocenters. The van der Waals surface area contributed by atoms with E-state index in [1.165, 1.54) is 57.9 Å². The lowest BCUT2D eigenvalue weighted by molar-refractivity contribution is 0.0486. The maximum absolute atomic E-state index is 3.78. The molecule has 0 aromatic carbocycles. The molecule has 2 aliphatic rings. The molecule has 2 saturated heterocycles. The molecule has 2 bridgehead atoms. The molecule has 16 heavy (non-hydrogen) atoms. The summed E-state index contributed by atoms with van der Waals surface area (Å²) in [5.74, 6) is 0. The molecule has 0 saturated carbocycles. The number of fused-ring (bicyclic) bond motifs is 2. The molecule has 2 heteroatoms. The molecule has 0 aromatic rings. The fourth-order valence-corrected chi connectivity index (χ4v) is 3.46. The van der Waals surface area contributed by atoms with Crippen LogP contribution in [0.5, 0.6) is 0 Å². The molecule has 0 aliphatic carbocycles. The summed E-state index contributed by atoms with van der Waals surface area (Å²) in [7, 11) is 2.34. The van der Waals surface area contributed by atoms with E-state index in [4.69, 9.17) is 0 Å². The van der Waals surface area contributed by atoms with E-state index >= 15 is 0 Å². The van der Waals surface area contributed by atoms with E-state index in [2.05, 4.69) is 24.2 Å². The van der Waals surface area contributed by atoms with Crippen LogP contribution in [0.1, 0.15) is 58.3 Å². The zero-order chi connectivity index (χ0) is 11.4. The Hall–Kier alpha value is -0.0800. The van der Waals surface area contributed by atoms with Gasteiger partial charge in [0, 0.05) is 18.1 Å². The second-order valence-electron chi connectivity index (χ2n) is 5.73. The van der Waals surface area contributed by atoms with Gasteiger partial charge in [0.15, 0.2) is 0 Å². The average Bonchev–Trinajstić information content (AvgIpc) is 2.25. The van der Waals surface area contributed by atoms with Gasteiger partial charge in [0.1, 0.15) is 0 Å². The zero-order valence-corrected chi connectivity index (χ0v) is 11.0. The van der Waals surface area contributed by atoms with Crippen LogP contribution in [-0.2, 0) is 0 Å². The molecule has 2 heterocycles. The maximum atomic E-state index is 3.78. The third kappa shape index (κ3) is 2.98. The lowest BCUT2D eigenvalue weighted by Gasteiger charge is -2.47. The van der Waals surface area contributed by atoms with Crippen molar-refractivity contribution in [2.24, 2.45) is 0 Å². The number of unbranched alkanes of at least 4 members (excludes halogenated alkanes) is 2. The Bertz CT molecular complexity index is 191. The Morgan fingerprint density at radius 2 is 1.81 bits per heavy atom. The highest BCUT2D eigenvalue weighted by Gasteiger charge is 2.35. The highest BCUT2D eigenvalue weighted by molar-refractivity contribution is 4.93. The van der Waals surface area contributed by atoms with Gasteiger partial charge >= 0.3 is 0 Å². The van der Waals surface area contributed by atoms with Gasteiger partial charge in [0.05, 0.1) is 0 Å². The molecule has 2 atom stereocenters. The molecule has 94 valence electrons. The van der Waals surface area contributed by atoms with Crippen molar-refractivity contribution in [3.8, 4) is 0 Å². The van der Waals surface area contributed by atoms with Crippen molar-refractivity contribution in [2.75, 3.05) is 13.6 Å². The lowest BCUT2D eigenvalue weighted by Crippen LogP contribution is -2.54. The first-order chi connectivity index (χ1) is 7.81. The van der Waals surface area contributed by atoms with E-state index in [0.29, 0.717) is 0 Å². The number of nitrogens with zero attached hydrogens (tertiary/aromatic N) is 1. The van der Waals surface area contributed by atoms with Gasteiger partial charge in [-0.3, -0.25) is 0 Å². The van der Waals surface area contributed by atoms with E-state index in [1.807, 2.05) is 0 Å². The largest absolute Gasteiger partial charge is 0.314 e. The quantitative estimate of drug-likeness (QED) is 0.722. The Labute approximate surface area is 101 Å². The smallest absolute Gasteiger partial charge is 0.0110 e. The normalized spacial score (nSPS) is 35.2. The van der Waals surface area contributed by atoms with E-state index in [9.17, 15) is 0 Å². The summed E-state index contributed by atoms with van der Waals surface area (Å²) in [5, 5.41) is 3.78. The van der Waals surface area contributed by atoms with Crippen LogP contribution in [0.15, 0.2) is 0 Å². The van der Waals surface area contributed by atoms with Crippen molar-refractivity contribution >= 4 is 0 Å². The predicted molar refractivity (Wildman–Crippen MR) is 69.7 cm³/mol. The Balaban J connectivity index is 1.72. The van der Waals surface area contributed by atoms with Crippen molar-refractivity contribution in [1.29, 1.82) is 0 Å². The minimum atomic E-state index is 0.809. The third-order valence-electron chi connectivity index (χ3n) is 4.55. The number of hydrogen-bond donors (Lipinski definition) is 1. The number of rotatable bonds is 5. The van der Waals surface area contributed by atoms with Crippen LogP contribution in [0, 0.1) is 0 Å². The Morgan fingerprint density at radius 3 is 2.44 bits per heavy atom. The van der Waals surface area contributed by atoms with Gasteiger partial charge in [-0.1, -0.05) is 26.2 Å². The minimum Gasteiger partial charge on any atom is -0.314 e. The molecule has 2 fully saturated rings. The maximum Gasteiger partial charge on any atom is 0.0110 e. The van der Waals surface area contributed by atoms with E-state index in [1.54, 1.807) is 0 Å². The molecule has 0 amide bonds. The van der Waals surface area contributed by atoms with Crippen molar-refractivity contribution in [2.45, 2.75) is 76.4 Å². The van der Waals surface area contributed by atoms with Gasteiger partial charge in [-0.15, -0.1) is 0 Å². The van der Waals surface area contributed by atoms with Gasteiger partial charge < -0.3 is 10.2 Å². The van der Waals surface area contributed by atoms with E-state index < -0.39 is 0 Å². The first-order valence-electron chi connectivity index (χ1n) is 7.26. The fraction of sp³-hybridized carbons (Fsp3) is 1.00. The molecule has 0 radical (unpaired) electrons. The number of hydrogen-bond acceptors (Lipinski definition) is 2. The van der Waals surface area contributed by atoms with Crippen LogP contribution in [0.4, 0.5) is 0 Å². The predicted octanol–water partition coefficient (Wildman–Crippen LogP) is 2.78. The molecule has 2 rings (SSSR count). The summed E-state index contributed by atoms with van der Waals surface area (Å²) in [6, 6.07) is 2.55.